The van der Waals surface area contributed by atoms with Crippen molar-refractivity contribution in [3.05, 3.63) is 48.0 Å². The molecule has 154 valence electrons. The summed E-state index contributed by atoms with van der Waals surface area (Å²) in [6.45, 7) is 14.3. The first-order valence-corrected chi connectivity index (χ1v) is 10.4. The lowest BCUT2D eigenvalue weighted by atomic mass is 9.79. The molecule has 1 aromatic carbocycles. The van der Waals surface area contributed by atoms with Crippen LogP contribution < -0.4 is 10.1 Å². The van der Waals surface area contributed by atoms with E-state index in [9.17, 15) is 0 Å². The van der Waals surface area contributed by atoms with Gasteiger partial charge in [0.1, 0.15) is 5.75 Å². The summed E-state index contributed by atoms with van der Waals surface area (Å²) in [4.78, 5) is 7.02. The van der Waals surface area contributed by atoms with Crippen LogP contribution in [-0.2, 0) is 19.6 Å². The number of ether oxygens (including phenoxy) is 1. The fourth-order valence-corrected chi connectivity index (χ4v) is 4.78. The highest BCUT2D eigenvalue weighted by Crippen LogP contribution is 2.33. The van der Waals surface area contributed by atoms with Gasteiger partial charge in [0.25, 0.3) is 0 Å². The van der Waals surface area contributed by atoms with E-state index in [1.807, 2.05) is 12.5 Å². The number of methoxy groups -OCH3 is 1. The van der Waals surface area contributed by atoms with E-state index < -0.39 is 0 Å². The van der Waals surface area contributed by atoms with E-state index in [4.69, 9.17) is 4.74 Å². The number of imidazole rings is 1. The first-order valence-electron chi connectivity index (χ1n) is 10.4. The molecule has 5 heteroatoms. The Morgan fingerprint density at radius 1 is 1.11 bits per heavy atom. The summed E-state index contributed by atoms with van der Waals surface area (Å²) >= 11 is 0. The maximum atomic E-state index is 5.33. The van der Waals surface area contributed by atoms with Crippen molar-refractivity contribution in [3.63, 3.8) is 0 Å². The highest BCUT2D eigenvalue weighted by Gasteiger charge is 2.40. The summed E-state index contributed by atoms with van der Waals surface area (Å²) in [7, 11) is 1.71. The first kappa shape index (κ1) is 20.9. The summed E-state index contributed by atoms with van der Waals surface area (Å²) in [6.07, 6.45) is 6.22. The van der Waals surface area contributed by atoms with Crippen molar-refractivity contribution in [2.75, 3.05) is 7.11 Å². The normalized spacial score (nSPS) is 19.1. The highest BCUT2D eigenvalue weighted by atomic mass is 16.5. The molecule has 0 amide bonds. The number of benzene rings is 1. The number of aromatic nitrogens is 2. The van der Waals surface area contributed by atoms with Crippen molar-refractivity contribution in [2.45, 2.75) is 84.2 Å². The Balaban J connectivity index is 1.86. The van der Waals surface area contributed by atoms with E-state index in [0.29, 0.717) is 6.04 Å². The molecule has 1 fully saturated rings. The van der Waals surface area contributed by atoms with Crippen LogP contribution in [0.2, 0.25) is 0 Å². The lowest BCUT2D eigenvalue weighted by Gasteiger charge is -2.49. The minimum Gasteiger partial charge on any atom is -0.497 e. The van der Waals surface area contributed by atoms with E-state index in [-0.39, 0.29) is 11.1 Å². The van der Waals surface area contributed by atoms with Crippen LogP contribution in [0.15, 0.2) is 36.8 Å². The number of hydrogen-bond acceptors (Lipinski definition) is 4. The molecule has 2 aromatic rings. The molecule has 0 atom stereocenters. The summed E-state index contributed by atoms with van der Waals surface area (Å²) in [6, 6.07) is 8.98. The average Bonchev–Trinajstić information content (AvgIpc) is 3.06. The van der Waals surface area contributed by atoms with E-state index in [1.54, 1.807) is 7.11 Å². The summed E-state index contributed by atoms with van der Waals surface area (Å²) in [5.74, 6) is 0.906. The predicted molar refractivity (Wildman–Crippen MR) is 114 cm³/mol. The Labute approximate surface area is 170 Å². The van der Waals surface area contributed by atoms with Crippen LogP contribution in [0.1, 0.15) is 58.7 Å². The zero-order valence-corrected chi connectivity index (χ0v) is 18.3. The fraction of sp³-hybridized carbons (Fsp3) is 0.609. The minimum absolute atomic E-state index is 0.121. The van der Waals surface area contributed by atoms with Crippen molar-refractivity contribution in [3.8, 4) is 5.75 Å². The Kier molecular flexibility index (Phi) is 6.15. The Hall–Kier alpha value is -1.85. The van der Waals surface area contributed by atoms with Gasteiger partial charge in [-0.2, -0.15) is 0 Å². The topological polar surface area (TPSA) is 42.3 Å². The number of nitrogens with zero attached hydrogens (tertiary/aromatic N) is 3. The molecule has 1 aliphatic rings. The third kappa shape index (κ3) is 5.15. The van der Waals surface area contributed by atoms with Crippen molar-refractivity contribution in [2.24, 2.45) is 0 Å². The Morgan fingerprint density at radius 2 is 1.75 bits per heavy atom. The molecular formula is C23H36N4O. The molecule has 0 bridgehead atoms. The zero-order valence-electron chi connectivity index (χ0n) is 18.3. The van der Waals surface area contributed by atoms with E-state index in [1.165, 1.54) is 11.3 Å². The van der Waals surface area contributed by atoms with Crippen LogP contribution in [0.25, 0.3) is 0 Å². The number of rotatable bonds is 7. The van der Waals surface area contributed by atoms with E-state index in [0.717, 1.165) is 38.2 Å². The molecule has 1 N–H and O–H groups in total. The van der Waals surface area contributed by atoms with Crippen molar-refractivity contribution < 1.29 is 4.74 Å². The van der Waals surface area contributed by atoms with Gasteiger partial charge in [0.2, 0.25) is 0 Å². The van der Waals surface area contributed by atoms with Gasteiger partial charge < -0.3 is 14.6 Å². The van der Waals surface area contributed by atoms with Crippen molar-refractivity contribution in [1.82, 2.24) is 19.8 Å². The summed E-state index contributed by atoms with van der Waals surface area (Å²) < 4.78 is 7.58. The monoisotopic (exact) mass is 384 g/mol. The van der Waals surface area contributed by atoms with Gasteiger partial charge in [-0.25, -0.2) is 4.98 Å². The SMILES string of the molecule is CCn1cncc1CN(Cc1ccc(OC)cc1)C1CC(C)(C)NC(C)(C)C1. The fourth-order valence-electron chi connectivity index (χ4n) is 4.78. The zero-order chi connectivity index (χ0) is 20.4. The molecule has 1 aromatic heterocycles. The Bertz CT molecular complexity index is 747. The minimum atomic E-state index is 0.121. The average molecular weight is 385 g/mol. The largest absolute Gasteiger partial charge is 0.497 e. The van der Waals surface area contributed by atoms with Gasteiger partial charge in [-0.1, -0.05) is 12.1 Å². The molecule has 0 saturated carbocycles. The quantitative estimate of drug-likeness (QED) is 0.776. The van der Waals surface area contributed by atoms with Crippen LogP contribution in [0.3, 0.4) is 0 Å². The molecule has 1 aliphatic heterocycles. The van der Waals surface area contributed by atoms with Crippen LogP contribution >= 0.6 is 0 Å². The molecule has 0 radical (unpaired) electrons. The van der Waals surface area contributed by atoms with Crippen LogP contribution in [-0.4, -0.2) is 38.7 Å². The second-order valence-corrected chi connectivity index (χ2v) is 9.38. The number of nitrogens with one attached hydrogen (secondary N) is 1. The number of piperidine rings is 1. The standard InChI is InChI=1S/C23H36N4O/c1-7-26-17-24-14-20(26)16-27(15-18-8-10-21(28-6)11-9-18)19-12-22(2,3)25-23(4,5)13-19/h8-11,14,17,19,25H,7,12-13,15-16H2,1-6H3. The van der Waals surface area contributed by atoms with Gasteiger partial charge >= 0.3 is 0 Å². The molecule has 28 heavy (non-hydrogen) atoms. The highest BCUT2D eigenvalue weighted by molar-refractivity contribution is 5.27. The van der Waals surface area contributed by atoms with Gasteiger partial charge in [-0.3, -0.25) is 4.90 Å². The lowest BCUT2D eigenvalue weighted by Crippen LogP contribution is -2.62. The predicted octanol–water partition coefficient (Wildman–Crippen LogP) is 4.22. The molecule has 0 aliphatic carbocycles. The summed E-state index contributed by atoms with van der Waals surface area (Å²) in [5.41, 5.74) is 2.84. The van der Waals surface area contributed by atoms with E-state index in [2.05, 4.69) is 78.7 Å². The van der Waals surface area contributed by atoms with Crippen molar-refractivity contribution >= 4 is 0 Å². The van der Waals surface area contributed by atoms with Gasteiger partial charge in [-0.15, -0.1) is 0 Å². The molecule has 3 rings (SSSR count). The number of hydrogen-bond donors (Lipinski definition) is 1. The molecular weight excluding hydrogens is 348 g/mol. The first-order chi connectivity index (χ1) is 13.2. The van der Waals surface area contributed by atoms with Gasteiger partial charge in [0.05, 0.1) is 19.1 Å². The second kappa shape index (κ2) is 8.26. The molecule has 0 spiro atoms. The third-order valence-corrected chi connectivity index (χ3v) is 5.73. The molecule has 5 nitrogen and oxygen atoms in total. The van der Waals surface area contributed by atoms with Gasteiger partial charge in [0, 0.05) is 43.0 Å². The van der Waals surface area contributed by atoms with Crippen LogP contribution in [0, 0.1) is 0 Å². The summed E-state index contributed by atoms with van der Waals surface area (Å²) in [5, 5.41) is 3.82. The van der Waals surface area contributed by atoms with Gasteiger partial charge in [-0.05, 0) is 65.2 Å². The smallest absolute Gasteiger partial charge is 0.118 e. The van der Waals surface area contributed by atoms with Gasteiger partial charge in [0.15, 0.2) is 0 Å². The van der Waals surface area contributed by atoms with Crippen molar-refractivity contribution in [1.29, 1.82) is 0 Å². The molecule has 1 saturated heterocycles. The molecule has 2 heterocycles. The third-order valence-electron chi connectivity index (χ3n) is 5.73. The van der Waals surface area contributed by atoms with Crippen LogP contribution in [0.4, 0.5) is 0 Å². The Morgan fingerprint density at radius 3 is 2.32 bits per heavy atom. The van der Waals surface area contributed by atoms with E-state index >= 15 is 0 Å². The molecule has 0 unspecified atom stereocenters. The number of aryl methyl sites for hydroxylation is 1. The maximum Gasteiger partial charge on any atom is 0.118 e. The van der Waals surface area contributed by atoms with Crippen LogP contribution in [0.5, 0.6) is 5.75 Å². The second-order valence-electron chi connectivity index (χ2n) is 9.38. The maximum absolute atomic E-state index is 5.33. The lowest BCUT2D eigenvalue weighted by molar-refractivity contribution is 0.0550.